The second-order valence-electron chi connectivity index (χ2n) is 8.17. The van der Waals surface area contributed by atoms with Crippen molar-refractivity contribution in [3.05, 3.63) is 47.7 Å². The van der Waals surface area contributed by atoms with Crippen molar-refractivity contribution in [2.75, 3.05) is 11.1 Å². The van der Waals surface area contributed by atoms with Gasteiger partial charge >= 0.3 is 0 Å². The van der Waals surface area contributed by atoms with Crippen molar-refractivity contribution >= 4 is 32.4 Å². The number of nitrogens with one attached hydrogen (secondary N) is 2. The molecule has 1 aliphatic heterocycles. The molecule has 0 saturated carbocycles. The molecule has 0 radical (unpaired) electrons. The third-order valence-electron chi connectivity index (χ3n) is 5.61. The fourth-order valence-electron chi connectivity index (χ4n) is 3.52. The minimum atomic E-state index is -3.63. The van der Waals surface area contributed by atoms with E-state index >= 15 is 0 Å². The maximum atomic E-state index is 14.8. The van der Waals surface area contributed by atoms with E-state index in [9.17, 15) is 17.2 Å². The van der Waals surface area contributed by atoms with Crippen LogP contribution in [0.3, 0.4) is 0 Å². The summed E-state index contributed by atoms with van der Waals surface area (Å²) in [6.07, 6.45) is 0.137. The SMILES string of the molecule is CC1(C)C(N)N[C@](C)(c2cc(Nc3noc4cc(F)cnc34)ccc2F)CS1(=O)=O. The first-order valence-electron chi connectivity index (χ1n) is 9.16. The maximum Gasteiger partial charge on any atom is 0.200 e. The largest absolute Gasteiger partial charge is 0.352 e. The van der Waals surface area contributed by atoms with Gasteiger partial charge in [-0.15, -0.1) is 0 Å². The molecule has 1 fully saturated rings. The molecular formula is C19H21F2N5O3S. The van der Waals surface area contributed by atoms with E-state index in [0.717, 1.165) is 12.3 Å². The highest BCUT2D eigenvalue weighted by Crippen LogP contribution is 2.37. The highest BCUT2D eigenvalue weighted by Gasteiger charge is 2.52. The van der Waals surface area contributed by atoms with Gasteiger partial charge in [0.15, 0.2) is 20.9 Å². The minimum Gasteiger partial charge on any atom is -0.352 e. The normalized spacial score (nSPS) is 25.3. The van der Waals surface area contributed by atoms with Crippen LogP contribution in [0.25, 0.3) is 11.1 Å². The van der Waals surface area contributed by atoms with Crippen molar-refractivity contribution in [1.82, 2.24) is 15.5 Å². The summed E-state index contributed by atoms with van der Waals surface area (Å²) in [7, 11) is -3.63. The number of nitrogens with two attached hydrogens (primary N) is 1. The summed E-state index contributed by atoms with van der Waals surface area (Å²) in [5.41, 5.74) is 5.85. The number of pyridine rings is 1. The molecule has 160 valence electrons. The van der Waals surface area contributed by atoms with Crippen LogP contribution < -0.4 is 16.4 Å². The number of fused-ring (bicyclic) bond motifs is 1. The molecule has 30 heavy (non-hydrogen) atoms. The molecule has 1 saturated heterocycles. The molecule has 0 spiro atoms. The van der Waals surface area contributed by atoms with E-state index in [1.807, 2.05) is 0 Å². The number of benzene rings is 1. The molecule has 1 aromatic carbocycles. The molecule has 3 aromatic rings. The standard InChI is InChI=1S/C19H21F2N5O3S/c1-18(2)17(22)25-19(3,9-30(18,27)28)12-7-11(4-5-13(12)21)24-16-15-14(29-26-16)6-10(20)8-23-15/h4-8,17,25H,9,22H2,1-3H3,(H,24,26)/t17?,19-/m0/s1. The number of nitrogens with zero attached hydrogens (tertiary/aromatic N) is 2. The van der Waals surface area contributed by atoms with Gasteiger partial charge in [0.1, 0.15) is 11.6 Å². The van der Waals surface area contributed by atoms with Gasteiger partial charge in [0.25, 0.3) is 0 Å². The predicted octanol–water partition coefficient (Wildman–Crippen LogP) is 2.54. The van der Waals surface area contributed by atoms with Gasteiger partial charge in [-0.1, -0.05) is 5.16 Å². The predicted molar refractivity (Wildman–Crippen MR) is 108 cm³/mol. The number of anilines is 2. The summed E-state index contributed by atoms with van der Waals surface area (Å²) < 4.78 is 57.5. The summed E-state index contributed by atoms with van der Waals surface area (Å²) >= 11 is 0. The highest BCUT2D eigenvalue weighted by molar-refractivity contribution is 7.92. The van der Waals surface area contributed by atoms with Crippen LogP contribution in [0.5, 0.6) is 0 Å². The molecule has 1 aliphatic rings. The summed E-state index contributed by atoms with van der Waals surface area (Å²) in [5, 5.41) is 9.84. The lowest BCUT2D eigenvalue weighted by atomic mass is 9.91. The molecule has 11 heteroatoms. The van der Waals surface area contributed by atoms with Crippen LogP contribution in [0.4, 0.5) is 20.3 Å². The van der Waals surface area contributed by atoms with Crippen LogP contribution >= 0.6 is 0 Å². The van der Waals surface area contributed by atoms with Crippen LogP contribution in [0.15, 0.2) is 35.0 Å². The third-order valence-corrected chi connectivity index (χ3v) is 8.42. The fraction of sp³-hybridized carbons (Fsp3) is 0.368. The number of hydrogen-bond donors (Lipinski definition) is 3. The lowest BCUT2D eigenvalue weighted by molar-refractivity contribution is 0.272. The topological polar surface area (TPSA) is 123 Å². The van der Waals surface area contributed by atoms with Crippen LogP contribution in [-0.2, 0) is 15.4 Å². The first kappa shape index (κ1) is 20.6. The maximum absolute atomic E-state index is 14.8. The Balaban J connectivity index is 1.71. The van der Waals surface area contributed by atoms with Crippen LogP contribution in [-0.4, -0.2) is 35.2 Å². The van der Waals surface area contributed by atoms with Gasteiger partial charge in [-0.05, 0) is 39.0 Å². The Labute approximate surface area is 171 Å². The zero-order valence-electron chi connectivity index (χ0n) is 16.5. The average molecular weight is 437 g/mol. The van der Waals surface area contributed by atoms with Crippen molar-refractivity contribution in [3.63, 3.8) is 0 Å². The molecule has 4 rings (SSSR count). The Morgan fingerprint density at radius 2 is 2.00 bits per heavy atom. The zero-order chi connectivity index (χ0) is 21.9. The van der Waals surface area contributed by atoms with Gasteiger partial charge in [0.2, 0.25) is 5.82 Å². The van der Waals surface area contributed by atoms with Crippen molar-refractivity contribution in [1.29, 1.82) is 0 Å². The number of halogens is 2. The summed E-state index contributed by atoms with van der Waals surface area (Å²) in [4.78, 5) is 3.95. The number of sulfone groups is 1. The Morgan fingerprint density at radius 3 is 2.70 bits per heavy atom. The lowest BCUT2D eigenvalue weighted by Gasteiger charge is -2.46. The highest BCUT2D eigenvalue weighted by atomic mass is 32.2. The second kappa shape index (κ2) is 6.69. The van der Waals surface area contributed by atoms with E-state index in [4.69, 9.17) is 10.3 Å². The molecule has 2 atom stereocenters. The molecule has 0 amide bonds. The molecule has 3 heterocycles. The van der Waals surface area contributed by atoms with Gasteiger partial charge in [-0.25, -0.2) is 22.2 Å². The summed E-state index contributed by atoms with van der Waals surface area (Å²) in [5.74, 6) is -1.25. The van der Waals surface area contributed by atoms with Gasteiger partial charge in [-0.2, -0.15) is 0 Å². The summed E-state index contributed by atoms with van der Waals surface area (Å²) in [6, 6.07) is 5.32. The number of hydrogen-bond acceptors (Lipinski definition) is 8. The molecule has 1 unspecified atom stereocenters. The fourth-order valence-corrected chi connectivity index (χ4v) is 5.34. The van der Waals surface area contributed by atoms with Crippen molar-refractivity contribution in [3.8, 4) is 0 Å². The Hall–Kier alpha value is -2.63. The third kappa shape index (κ3) is 3.22. The number of aromatic nitrogens is 2. The van der Waals surface area contributed by atoms with E-state index in [1.54, 1.807) is 20.8 Å². The quantitative estimate of drug-likeness (QED) is 0.571. The Morgan fingerprint density at radius 1 is 1.27 bits per heavy atom. The molecular weight excluding hydrogens is 416 g/mol. The minimum absolute atomic E-state index is 0.133. The molecule has 2 aromatic heterocycles. The number of rotatable bonds is 3. The van der Waals surface area contributed by atoms with Gasteiger partial charge in [0, 0.05) is 17.3 Å². The smallest absolute Gasteiger partial charge is 0.200 e. The van der Waals surface area contributed by atoms with Crippen molar-refractivity contribution in [2.45, 2.75) is 37.2 Å². The first-order chi connectivity index (χ1) is 13.9. The first-order valence-corrected chi connectivity index (χ1v) is 10.8. The van der Waals surface area contributed by atoms with E-state index in [2.05, 4.69) is 20.8 Å². The summed E-state index contributed by atoms with van der Waals surface area (Å²) in [6.45, 7) is 4.68. The van der Waals surface area contributed by atoms with E-state index in [-0.39, 0.29) is 22.7 Å². The van der Waals surface area contributed by atoms with E-state index in [1.165, 1.54) is 18.2 Å². The van der Waals surface area contributed by atoms with E-state index < -0.39 is 37.9 Å². The monoisotopic (exact) mass is 437 g/mol. The van der Waals surface area contributed by atoms with Crippen LogP contribution in [0.1, 0.15) is 26.3 Å². The van der Waals surface area contributed by atoms with Crippen LogP contribution in [0.2, 0.25) is 0 Å². The molecule has 0 aliphatic carbocycles. The van der Waals surface area contributed by atoms with Crippen molar-refractivity contribution < 1.29 is 21.7 Å². The van der Waals surface area contributed by atoms with E-state index in [0.29, 0.717) is 11.2 Å². The molecule has 0 bridgehead atoms. The van der Waals surface area contributed by atoms with Crippen LogP contribution in [0, 0.1) is 11.6 Å². The average Bonchev–Trinajstić information content (AvgIpc) is 3.03. The zero-order valence-corrected chi connectivity index (χ0v) is 17.3. The second-order valence-corrected chi connectivity index (χ2v) is 10.7. The van der Waals surface area contributed by atoms with Gasteiger partial charge in [0.05, 0.1) is 28.4 Å². The van der Waals surface area contributed by atoms with Gasteiger partial charge in [-0.3, -0.25) is 5.32 Å². The molecule has 8 nitrogen and oxygen atoms in total. The lowest BCUT2D eigenvalue weighted by Crippen LogP contribution is -2.69. The molecule has 4 N–H and O–H groups in total. The van der Waals surface area contributed by atoms with Gasteiger partial charge < -0.3 is 15.6 Å². The van der Waals surface area contributed by atoms with Crippen molar-refractivity contribution in [2.24, 2.45) is 5.73 Å². The Bertz CT molecular complexity index is 1240. The Kier molecular flexibility index (Phi) is 4.60.